The highest BCUT2D eigenvalue weighted by atomic mass is 14.9. The van der Waals surface area contributed by atoms with Gasteiger partial charge < -0.3 is 4.98 Å². The number of H-pyrrole nitrogens is 1. The Kier molecular flexibility index (Phi) is 2.65. The lowest BCUT2D eigenvalue weighted by atomic mass is 9.91. The minimum absolute atomic E-state index is 0.562. The van der Waals surface area contributed by atoms with Crippen LogP contribution in [0.3, 0.4) is 0 Å². The summed E-state index contributed by atoms with van der Waals surface area (Å²) in [5, 5.41) is 0. The van der Waals surface area contributed by atoms with Crippen molar-refractivity contribution >= 4 is 11.0 Å². The summed E-state index contributed by atoms with van der Waals surface area (Å²) in [6, 6.07) is 8.30. The van der Waals surface area contributed by atoms with Gasteiger partial charge in [-0.1, -0.05) is 32.4 Å². The molecule has 1 saturated carbocycles. The van der Waals surface area contributed by atoms with Gasteiger partial charge >= 0.3 is 0 Å². The third-order valence-corrected chi connectivity index (χ3v) is 4.28. The summed E-state index contributed by atoms with van der Waals surface area (Å²) < 4.78 is 0. The largest absolute Gasteiger partial charge is 0.342 e. The fourth-order valence-corrected chi connectivity index (χ4v) is 3.12. The van der Waals surface area contributed by atoms with Gasteiger partial charge in [0.05, 0.1) is 11.0 Å². The molecule has 3 atom stereocenters. The molecule has 1 heterocycles. The topological polar surface area (TPSA) is 28.7 Å². The van der Waals surface area contributed by atoms with E-state index in [0.29, 0.717) is 5.92 Å². The van der Waals surface area contributed by atoms with Gasteiger partial charge in [-0.05, 0) is 36.8 Å². The first-order chi connectivity index (χ1) is 8.24. The van der Waals surface area contributed by atoms with Gasteiger partial charge in [-0.25, -0.2) is 4.98 Å². The van der Waals surface area contributed by atoms with Gasteiger partial charge in [0.2, 0.25) is 0 Å². The molecule has 3 rings (SSSR count). The molecule has 1 aliphatic carbocycles. The van der Waals surface area contributed by atoms with Crippen molar-refractivity contribution in [2.24, 2.45) is 11.8 Å². The fourth-order valence-electron chi connectivity index (χ4n) is 3.12. The fraction of sp³-hybridized carbons (Fsp3) is 0.533. The second kappa shape index (κ2) is 4.17. The highest BCUT2D eigenvalue weighted by Crippen LogP contribution is 2.39. The van der Waals surface area contributed by atoms with E-state index in [1.165, 1.54) is 30.6 Å². The molecule has 2 nitrogen and oxygen atoms in total. The van der Waals surface area contributed by atoms with Crippen molar-refractivity contribution in [1.29, 1.82) is 0 Å². The van der Waals surface area contributed by atoms with E-state index in [9.17, 15) is 0 Å². The number of imidazole rings is 1. The maximum absolute atomic E-state index is 4.73. The zero-order chi connectivity index (χ0) is 11.8. The van der Waals surface area contributed by atoms with Crippen LogP contribution in [-0.2, 0) is 0 Å². The first-order valence-electron chi connectivity index (χ1n) is 6.68. The average molecular weight is 228 g/mol. The number of aromatic nitrogens is 2. The second-order valence-corrected chi connectivity index (χ2v) is 5.61. The van der Waals surface area contributed by atoms with E-state index < -0.39 is 0 Å². The van der Waals surface area contributed by atoms with Gasteiger partial charge in [0, 0.05) is 5.92 Å². The van der Waals surface area contributed by atoms with Crippen LogP contribution in [0.4, 0.5) is 0 Å². The first-order valence-corrected chi connectivity index (χ1v) is 6.68. The molecule has 0 radical (unpaired) electrons. The highest BCUT2D eigenvalue weighted by molar-refractivity contribution is 5.74. The molecule has 1 aromatic heterocycles. The van der Waals surface area contributed by atoms with Gasteiger partial charge in [0.1, 0.15) is 5.82 Å². The number of aromatic amines is 1. The molecular weight excluding hydrogens is 208 g/mol. The van der Waals surface area contributed by atoms with Gasteiger partial charge in [-0.3, -0.25) is 0 Å². The zero-order valence-electron chi connectivity index (χ0n) is 10.6. The first kappa shape index (κ1) is 10.8. The van der Waals surface area contributed by atoms with Crippen molar-refractivity contribution in [2.75, 3.05) is 0 Å². The Bertz CT molecular complexity index is 481. The van der Waals surface area contributed by atoms with E-state index in [1.54, 1.807) is 0 Å². The minimum atomic E-state index is 0.562. The van der Waals surface area contributed by atoms with Crippen LogP contribution in [0.1, 0.15) is 44.9 Å². The van der Waals surface area contributed by atoms with E-state index in [2.05, 4.69) is 43.1 Å². The number of rotatable bonds is 2. The van der Waals surface area contributed by atoms with Crippen LogP contribution in [0.15, 0.2) is 24.3 Å². The quantitative estimate of drug-likeness (QED) is 0.823. The molecule has 2 heteroatoms. The standard InChI is InChI=1S/C15H20N2/c1-10-7-8-12(9-10)11(2)15-16-13-5-3-4-6-14(13)17-15/h3-6,10-12H,7-9H2,1-2H3,(H,16,17). The van der Waals surface area contributed by atoms with Gasteiger partial charge in [0.25, 0.3) is 0 Å². The average Bonchev–Trinajstić information content (AvgIpc) is 2.93. The lowest BCUT2D eigenvalue weighted by Gasteiger charge is -2.16. The molecule has 0 aliphatic heterocycles. The highest BCUT2D eigenvalue weighted by Gasteiger charge is 2.28. The molecule has 1 N–H and O–H groups in total. The third kappa shape index (κ3) is 1.97. The number of para-hydroxylation sites is 2. The molecule has 1 fully saturated rings. The number of fused-ring (bicyclic) bond motifs is 1. The van der Waals surface area contributed by atoms with Crippen LogP contribution in [-0.4, -0.2) is 9.97 Å². The molecular formula is C15H20N2. The van der Waals surface area contributed by atoms with Crippen molar-refractivity contribution in [3.8, 4) is 0 Å². The Labute approximate surface area is 102 Å². The number of nitrogens with one attached hydrogen (secondary N) is 1. The molecule has 0 spiro atoms. The van der Waals surface area contributed by atoms with Crippen molar-refractivity contribution in [3.05, 3.63) is 30.1 Å². The van der Waals surface area contributed by atoms with Crippen LogP contribution in [0.25, 0.3) is 11.0 Å². The van der Waals surface area contributed by atoms with Crippen LogP contribution in [0.2, 0.25) is 0 Å². The predicted molar refractivity (Wildman–Crippen MR) is 71.0 cm³/mol. The van der Waals surface area contributed by atoms with E-state index in [4.69, 9.17) is 4.98 Å². The number of hydrogen-bond donors (Lipinski definition) is 1. The normalized spacial score (nSPS) is 26.5. The van der Waals surface area contributed by atoms with E-state index in [0.717, 1.165) is 17.4 Å². The molecule has 0 saturated heterocycles. The molecule has 0 bridgehead atoms. The monoisotopic (exact) mass is 228 g/mol. The van der Waals surface area contributed by atoms with Crippen molar-refractivity contribution < 1.29 is 0 Å². The molecule has 90 valence electrons. The molecule has 2 aromatic rings. The van der Waals surface area contributed by atoms with Crippen LogP contribution in [0.5, 0.6) is 0 Å². The van der Waals surface area contributed by atoms with Crippen molar-refractivity contribution in [2.45, 2.75) is 39.0 Å². The van der Waals surface area contributed by atoms with Crippen LogP contribution < -0.4 is 0 Å². The summed E-state index contributed by atoms with van der Waals surface area (Å²) >= 11 is 0. The van der Waals surface area contributed by atoms with Crippen molar-refractivity contribution in [1.82, 2.24) is 9.97 Å². The number of hydrogen-bond acceptors (Lipinski definition) is 1. The Morgan fingerprint density at radius 2 is 2.12 bits per heavy atom. The smallest absolute Gasteiger partial charge is 0.110 e. The predicted octanol–water partition coefficient (Wildman–Crippen LogP) is 4.10. The lowest BCUT2D eigenvalue weighted by Crippen LogP contribution is -2.08. The number of benzene rings is 1. The Hall–Kier alpha value is -1.31. The Morgan fingerprint density at radius 3 is 2.82 bits per heavy atom. The molecule has 1 aromatic carbocycles. The van der Waals surface area contributed by atoms with Gasteiger partial charge in [-0.2, -0.15) is 0 Å². The van der Waals surface area contributed by atoms with Gasteiger partial charge in [0.15, 0.2) is 0 Å². The SMILES string of the molecule is CC1CCC(C(C)c2nc3ccccc3[nH]2)C1. The summed E-state index contributed by atoms with van der Waals surface area (Å²) in [5.41, 5.74) is 2.26. The summed E-state index contributed by atoms with van der Waals surface area (Å²) in [4.78, 5) is 8.20. The molecule has 1 aliphatic rings. The lowest BCUT2D eigenvalue weighted by molar-refractivity contribution is 0.431. The van der Waals surface area contributed by atoms with Crippen LogP contribution in [0, 0.1) is 11.8 Å². The Morgan fingerprint density at radius 1 is 1.29 bits per heavy atom. The summed E-state index contributed by atoms with van der Waals surface area (Å²) in [7, 11) is 0. The maximum Gasteiger partial charge on any atom is 0.110 e. The molecule has 17 heavy (non-hydrogen) atoms. The Balaban J connectivity index is 1.87. The van der Waals surface area contributed by atoms with Gasteiger partial charge in [-0.15, -0.1) is 0 Å². The van der Waals surface area contributed by atoms with Crippen LogP contribution >= 0.6 is 0 Å². The molecule has 3 unspecified atom stereocenters. The summed E-state index contributed by atoms with van der Waals surface area (Å²) in [6.07, 6.45) is 4.10. The summed E-state index contributed by atoms with van der Waals surface area (Å²) in [6.45, 7) is 4.69. The zero-order valence-corrected chi connectivity index (χ0v) is 10.6. The maximum atomic E-state index is 4.73. The van der Waals surface area contributed by atoms with E-state index in [-0.39, 0.29) is 0 Å². The van der Waals surface area contributed by atoms with Crippen molar-refractivity contribution in [3.63, 3.8) is 0 Å². The second-order valence-electron chi connectivity index (χ2n) is 5.61. The summed E-state index contributed by atoms with van der Waals surface area (Å²) in [5.74, 6) is 3.44. The minimum Gasteiger partial charge on any atom is -0.342 e. The third-order valence-electron chi connectivity index (χ3n) is 4.28. The van der Waals surface area contributed by atoms with E-state index in [1.807, 2.05) is 0 Å². The van der Waals surface area contributed by atoms with E-state index >= 15 is 0 Å². The molecule has 0 amide bonds. The number of nitrogens with zero attached hydrogens (tertiary/aromatic N) is 1.